The highest BCUT2D eigenvalue weighted by molar-refractivity contribution is 5.87. The summed E-state index contributed by atoms with van der Waals surface area (Å²) in [6.07, 6.45) is 5.84. The van der Waals surface area contributed by atoms with Crippen molar-refractivity contribution in [1.29, 1.82) is 0 Å². The van der Waals surface area contributed by atoms with Crippen LogP contribution in [0.4, 0.5) is 0 Å². The lowest BCUT2D eigenvalue weighted by molar-refractivity contribution is -0.256. The molecule has 0 radical (unpaired) electrons. The van der Waals surface area contributed by atoms with Gasteiger partial charge in [0, 0.05) is 25.5 Å². The average molecular weight is 565 g/mol. The quantitative estimate of drug-likeness (QED) is 0.149. The van der Waals surface area contributed by atoms with Gasteiger partial charge < -0.3 is 19.3 Å². The number of benzene rings is 1. The van der Waals surface area contributed by atoms with Crippen molar-refractivity contribution in [2.24, 2.45) is 22.7 Å². The lowest BCUT2D eigenvalue weighted by atomic mass is 9.45. The topological polar surface area (TPSA) is 108 Å². The predicted octanol–water partition coefficient (Wildman–Crippen LogP) is 5.28. The van der Waals surface area contributed by atoms with Crippen LogP contribution < -0.4 is 0 Å². The molecule has 8 atom stereocenters. The fourth-order valence-electron chi connectivity index (χ4n) is 6.82. The smallest absolute Gasteiger partial charge is 0.331 e. The highest BCUT2D eigenvalue weighted by atomic mass is 16.8. The van der Waals surface area contributed by atoms with Gasteiger partial charge in [0.2, 0.25) is 12.6 Å². The van der Waals surface area contributed by atoms with E-state index in [1.807, 2.05) is 37.3 Å². The SMILES string of the molecule is C=CC(C)=CC[C@]1(C)[C@H]2C[C@H](O)C=C3[C@H](OC(C)=O)O[C@@H](OC(C)=O)[C@@]32[C@H](OC(=O)C=Cc2ccccc2)C[C@@H]1C. The maximum Gasteiger partial charge on any atom is 0.331 e. The predicted molar refractivity (Wildman–Crippen MR) is 153 cm³/mol. The van der Waals surface area contributed by atoms with Gasteiger partial charge in [0.05, 0.1) is 6.10 Å². The van der Waals surface area contributed by atoms with E-state index >= 15 is 0 Å². The Hall–Kier alpha value is -3.49. The number of aliphatic hydroxyl groups is 1. The number of ether oxygens (including phenoxy) is 4. The maximum atomic E-state index is 13.3. The third-order valence-electron chi connectivity index (χ3n) is 9.04. The summed E-state index contributed by atoms with van der Waals surface area (Å²) in [6.45, 7) is 12.6. The van der Waals surface area contributed by atoms with Gasteiger partial charge in [0.25, 0.3) is 0 Å². The van der Waals surface area contributed by atoms with Gasteiger partial charge in [-0.1, -0.05) is 68.5 Å². The molecule has 1 aromatic rings. The van der Waals surface area contributed by atoms with E-state index in [4.69, 9.17) is 18.9 Å². The molecule has 1 heterocycles. The van der Waals surface area contributed by atoms with Crippen molar-refractivity contribution in [3.8, 4) is 0 Å². The van der Waals surface area contributed by atoms with Crippen molar-refractivity contribution >= 4 is 24.0 Å². The van der Waals surface area contributed by atoms with Crippen LogP contribution in [0.15, 0.2) is 72.4 Å². The van der Waals surface area contributed by atoms with E-state index in [2.05, 4.69) is 26.5 Å². The standard InChI is InChI=1S/C33H40O8/c1-7-20(2)15-16-32(6)21(3)17-28(40-29(37)14-13-24-11-9-8-10-12-24)33-26(18-25(36)19-27(32)33)30(38-22(4)34)41-31(33)39-23(5)35/h7-15,18,21,25,27-28,30-31,36H,1,16-17,19H2,2-6H3/t21-,25+,27+,28+,30+,31+,32-,33-/m0/s1. The summed E-state index contributed by atoms with van der Waals surface area (Å²) in [7, 11) is 0. The Bertz CT molecular complexity index is 1260. The summed E-state index contributed by atoms with van der Waals surface area (Å²) in [5.74, 6) is -2.09. The van der Waals surface area contributed by atoms with Crippen molar-refractivity contribution in [3.05, 3.63) is 77.9 Å². The van der Waals surface area contributed by atoms with E-state index in [9.17, 15) is 19.5 Å². The Morgan fingerprint density at radius 3 is 2.39 bits per heavy atom. The van der Waals surface area contributed by atoms with E-state index in [0.717, 1.165) is 11.1 Å². The lowest BCUT2D eigenvalue weighted by Crippen LogP contribution is -2.63. The van der Waals surface area contributed by atoms with Crippen LogP contribution in [-0.2, 0) is 33.3 Å². The van der Waals surface area contributed by atoms with Gasteiger partial charge in [0.1, 0.15) is 11.5 Å². The molecule has 0 unspecified atom stereocenters. The van der Waals surface area contributed by atoms with Crippen molar-refractivity contribution in [1.82, 2.24) is 0 Å². The number of hydrogen-bond donors (Lipinski definition) is 1. The van der Waals surface area contributed by atoms with E-state index in [1.165, 1.54) is 19.9 Å². The number of esters is 3. The van der Waals surface area contributed by atoms with E-state index in [-0.39, 0.29) is 11.8 Å². The number of hydrogen-bond acceptors (Lipinski definition) is 8. The first-order chi connectivity index (χ1) is 19.4. The van der Waals surface area contributed by atoms with E-state index < -0.39 is 53.5 Å². The van der Waals surface area contributed by atoms with Gasteiger partial charge in [-0.3, -0.25) is 14.3 Å². The lowest BCUT2D eigenvalue weighted by Gasteiger charge is -2.60. The third kappa shape index (κ3) is 5.95. The minimum atomic E-state index is -1.21. The molecule has 220 valence electrons. The molecular formula is C33H40O8. The molecule has 8 heteroatoms. The van der Waals surface area contributed by atoms with E-state index in [1.54, 1.807) is 18.2 Å². The molecule has 4 rings (SSSR count). The van der Waals surface area contributed by atoms with Crippen LogP contribution in [0.5, 0.6) is 0 Å². The first kappa shape index (κ1) is 30.5. The minimum Gasteiger partial charge on any atom is -0.458 e. The van der Waals surface area contributed by atoms with Crippen LogP contribution in [0.2, 0.25) is 0 Å². The molecule has 1 aliphatic heterocycles. The first-order valence-electron chi connectivity index (χ1n) is 14.0. The van der Waals surface area contributed by atoms with Crippen molar-refractivity contribution in [2.75, 3.05) is 0 Å². The van der Waals surface area contributed by atoms with Gasteiger partial charge >= 0.3 is 17.9 Å². The molecule has 2 aliphatic carbocycles. The van der Waals surface area contributed by atoms with Gasteiger partial charge in [-0.15, -0.1) is 0 Å². The Balaban J connectivity index is 1.85. The van der Waals surface area contributed by atoms with Crippen LogP contribution in [0, 0.1) is 22.7 Å². The second-order valence-electron chi connectivity index (χ2n) is 11.6. The minimum absolute atomic E-state index is 0.0280. The fourth-order valence-corrected chi connectivity index (χ4v) is 6.82. The molecule has 8 nitrogen and oxygen atoms in total. The molecule has 1 saturated carbocycles. The molecule has 1 spiro atoms. The molecule has 0 bridgehead atoms. The summed E-state index contributed by atoms with van der Waals surface area (Å²) in [5, 5.41) is 11.1. The largest absolute Gasteiger partial charge is 0.458 e. The van der Waals surface area contributed by atoms with E-state index in [0.29, 0.717) is 24.8 Å². The fraction of sp³-hybridized carbons (Fsp3) is 0.485. The molecule has 3 aliphatic rings. The van der Waals surface area contributed by atoms with Crippen LogP contribution in [0.25, 0.3) is 6.08 Å². The van der Waals surface area contributed by atoms with Crippen LogP contribution in [-0.4, -0.2) is 47.8 Å². The Morgan fingerprint density at radius 2 is 1.76 bits per heavy atom. The summed E-state index contributed by atoms with van der Waals surface area (Å²) in [6, 6.07) is 9.39. The molecule has 0 amide bonds. The zero-order chi connectivity index (χ0) is 29.9. The number of rotatable bonds is 8. The van der Waals surface area contributed by atoms with Gasteiger partial charge in [-0.05, 0) is 61.2 Å². The summed E-state index contributed by atoms with van der Waals surface area (Å²) in [5.41, 5.74) is 0.665. The van der Waals surface area contributed by atoms with Crippen molar-refractivity contribution in [2.45, 2.75) is 78.7 Å². The van der Waals surface area contributed by atoms with Crippen molar-refractivity contribution in [3.63, 3.8) is 0 Å². The van der Waals surface area contributed by atoms with Crippen LogP contribution in [0.3, 0.4) is 0 Å². The Kier molecular flexibility index (Phi) is 9.04. The molecular weight excluding hydrogens is 524 g/mol. The zero-order valence-corrected chi connectivity index (χ0v) is 24.4. The molecule has 1 N–H and O–H groups in total. The van der Waals surface area contributed by atoms with Crippen LogP contribution >= 0.6 is 0 Å². The molecule has 2 fully saturated rings. The van der Waals surface area contributed by atoms with Gasteiger partial charge in [0.15, 0.2) is 0 Å². The Morgan fingerprint density at radius 1 is 1.07 bits per heavy atom. The molecule has 1 saturated heterocycles. The second-order valence-corrected chi connectivity index (χ2v) is 11.6. The zero-order valence-electron chi connectivity index (χ0n) is 24.4. The monoisotopic (exact) mass is 564 g/mol. The average Bonchev–Trinajstić information content (AvgIpc) is 3.20. The summed E-state index contributed by atoms with van der Waals surface area (Å²) in [4.78, 5) is 37.8. The third-order valence-corrected chi connectivity index (χ3v) is 9.04. The number of carbonyl (C=O) groups excluding carboxylic acids is 3. The van der Waals surface area contributed by atoms with Crippen LogP contribution in [0.1, 0.15) is 59.4 Å². The molecule has 41 heavy (non-hydrogen) atoms. The number of allylic oxidation sites excluding steroid dienone is 3. The number of aliphatic hydroxyl groups excluding tert-OH is 1. The summed E-state index contributed by atoms with van der Waals surface area (Å²) >= 11 is 0. The van der Waals surface area contributed by atoms with Crippen molar-refractivity contribution < 1.29 is 38.4 Å². The normalized spacial score (nSPS) is 34.7. The highest BCUT2D eigenvalue weighted by Crippen LogP contribution is 2.67. The molecule has 0 aromatic heterocycles. The Labute approximate surface area is 241 Å². The summed E-state index contributed by atoms with van der Waals surface area (Å²) < 4.78 is 23.7. The highest BCUT2D eigenvalue weighted by Gasteiger charge is 2.72. The first-order valence-corrected chi connectivity index (χ1v) is 14.0. The molecule has 1 aromatic carbocycles. The maximum absolute atomic E-state index is 13.3. The second kappa shape index (κ2) is 12.2. The number of carbonyl (C=O) groups is 3. The van der Waals surface area contributed by atoms with Gasteiger partial charge in [-0.25, -0.2) is 4.79 Å². The van der Waals surface area contributed by atoms with Gasteiger partial charge in [-0.2, -0.15) is 0 Å².